The molecular weight excluding hydrogens is 381 g/mol. The van der Waals surface area contributed by atoms with Crippen molar-refractivity contribution >= 4 is 30.7 Å². The first kappa shape index (κ1) is 24.8. The summed E-state index contributed by atoms with van der Waals surface area (Å²) in [6.45, 7) is 3.94. The molecule has 1 heterocycles. The molecule has 0 aromatic heterocycles. The van der Waals surface area contributed by atoms with E-state index >= 15 is 0 Å². The van der Waals surface area contributed by atoms with Crippen molar-refractivity contribution in [1.29, 1.82) is 0 Å². The number of amides is 1. The fourth-order valence-electron chi connectivity index (χ4n) is 2.86. The highest BCUT2D eigenvalue weighted by atomic mass is 35.5. The standard InChI is InChI=1S/C17H27N3O4.2ClH/c1-22-12-15(18)17(21)20-8-6-19(7-9-20)11-13-10-14(23-2)4-5-16(13)24-3;;/h4-5,10,15H,6-9,11-12,18H2,1-3H3;2*1H. The zero-order chi connectivity index (χ0) is 17.5. The third kappa shape index (κ3) is 6.48. The molecule has 0 spiro atoms. The highest BCUT2D eigenvalue weighted by molar-refractivity contribution is 5.85. The molecule has 2 rings (SSSR count). The average Bonchev–Trinajstić information content (AvgIpc) is 2.62. The number of benzene rings is 1. The van der Waals surface area contributed by atoms with Crippen molar-refractivity contribution in [1.82, 2.24) is 9.80 Å². The molecule has 0 aliphatic carbocycles. The van der Waals surface area contributed by atoms with Crippen LogP contribution in [-0.2, 0) is 16.1 Å². The molecule has 9 heteroatoms. The first-order valence-electron chi connectivity index (χ1n) is 8.05. The molecule has 150 valence electrons. The molecule has 1 unspecified atom stereocenters. The second-order valence-electron chi connectivity index (χ2n) is 5.84. The third-order valence-corrected chi connectivity index (χ3v) is 4.23. The average molecular weight is 410 g/mol. The predicted molar refractivity (Wildman–Crippen MR) is 106 cm³/mol. The lowest BCUT2D eigenvalue weighted by Crippen LogP contribution is -2.53. The molecule has 0 radical (unpaired) electrons. The summed E-state index contributed by atoms with van der Waals surface area (Å²) in [4.78, 5) is 16.3. The number of nitrogens with zero attached hydrogens (tertiary/aromatic N) is 2. The maximum absolute atomic E-state index is 12.2. The van der Waals surface area contributed by atoms with E-state index < -0.39 is 6.04 Å². The van der Waals surface area contributed by atoms with E-state index in [0.29, 0.717) is 13.1 Å². The van der Waals surface area contributed by atoms with Crippen molar-refractivity contribution in [3.63, 3.8) is 0 Å². The largest absolute Gasteiger partial charge is 0.497 e. The minimum Gasteiger partial charge on any atom is -0.497 e. The number of carbonyl (C=O) groups is 1. The van der Waals surface area contributed by atoms with Gasteiger partial charge in [0.25, 0.3) is 0 Å². The van der Waals surface area contributed by atoms with Gasteiger partial charge in [0.2, 0.25) is 5.91 Å². The van der Waals surface area contributed by atoms with Crippen LogP contribution in [0.3, 0.4) is 0 Å². The summed E-state index contributed by atoms with van der Waals surface area (Å²) in [6, 6.07) is 5.21. The Morgan fingerprint density at radius 1 is 1.12 bits per heavy atom. The van der Waals surface area contributed by atoms with Crippen LogP contribution in [0.2, 0.25) is 0 Å². The molecule has 7 nitrogen and oxygen atoms in total. The Labute approximate surface area is 167 Å². The van der Waals surface area contributed by atoms with E-state index in [1.54, 1.807) is 21.3 Å². The molecule has 1 amide bonds. The van der Waals surface area contributed by atoms with E-state index in [1.165, 1.54) is 0 Å². The maximum atomic E-state index is 12.2. The molecule has 26 heavy (non-hydrogen) atoms. The van der Waals surface area contributed by atoms with Crippen molar-refractivity contribution in [2.45, 2.75) is 12.6 Å². The molecule has 2 N–H and O–H groups in total. The zero-order valence-corrected chi connectivity index (χ0v) is 17.1. The number of nitrogens with two attached hydrogens (primary N) is 1. The number of ether oxygens (including phenoxy) is 3. The Bertz CT molecular complexity index is 555. The summed E-state index contributed by atoms with van der Waals surface area (Å²) in [5.74, 6) is 1.61. The Kier molecular flexibility index (Phi) is 11.6. The Morgan fingerprint density at radius 2 is 1.77 bits per heavy atom. The highest BCUT2D eigenvalue weighted by Gasteiger charge is 2.25. The molecule has 1 aromatic rings. The van der Waals surface area contributed by atoms with E-state index in [0.717, 1.165) is 36.7 Å². The minimum absolute atomic E-state index is 0. The van der Waals surface area contributed by atoms with Gasteiger partial charge in [-0.25, -0.2) is 0 Å². The fraction of sp³-hybridized carbons (Fsp3) is 0.588. The summed E-state index contributed by atoms with van der Waals surface area (Å²) >= 11 is 0. The Balaban J connectivity index is 0.00000312. The van der Waals surface area contributed by atoms with Crippen LogP contribution < -0.4 is 15.2 Å². The second kappa shape index (κ2) is 12.2. The summed E-state index contributed by atoms with van der Waals surface area (Å²) in [7, 11) is 4.87. The van der Waals surface area contributed by atoms with Gasteiger partial charge in [0, 0.05) is 45.4 Å². The quantitative estimate of drug-likeness (QED) is 0.727. The predicted octanol–water partition coefficient (Wildman–Crippen LogP) is 1.17. The second-order valence-corrected chi connectivity index (χ2v) is 5.84. The van der Waals surface area contributed by atoms with Gasteiger partial charge in [0.05, 0.1) is 20.8 Å². The zero-order valence-electron chi connectivity index (χ0n) is 15.5. The molecule has 1 saturated heterocycles. The van der Waals surface area contributed by atoms with E-state index in [9.17, 15) is 4.79 Å². The third-order valence-electron chi connectivity index (χ3n) is 4.23. The van der Waals surface area contributed by atoms with Crippen LogP contribution in [0.15, 0.2) is 18.2 Å². The van der Waals surface area contributed by atoms with Crippen molar-refractivity contribution in [2.24, 2.45) is 5.73 Å². The number of hydrogen-bond donors (Lipinski definition) is 1. The topological polar surface area (TPSA) is 77.3 Å². The minimum atomic E-state index is -0.583. The molecule has 0 saturated carbocycles. The van der Waals surface area contributed by atoms with Gasteiger partial charge >= 0.3 is 0 Å². The van der Waals surface area contributed by atoms with E-state index in [4.69, 9.17) is 19.9 Å². The number of rotatable bonds is 7. The van der Waals surface area contributed by atoms with Crippen molar-refractivity contribution in [2.75, 3.05) is 54.1 Å². The lowest BCUT2D eigenvalue weighted by atomic mass is 10.1. The molecule has 1 atom stereocenters. The van der Waals surface area contributed by atoms with Crippen LogP contribution >= 0.6 is 24.8 Å². The smallest absolute Gasteiger partial charge is 0.241 e. The van der Waals surface area contributed by atoms with Gasteiger partial charge < -0.3 is 24.8 Å². The lowest BCUT2D eigenvalue weighted by molar-refractivity contribution is -0.135. The van der Waals surface area contributed by atoms with Crippen LogP contribution in [0, 0.1) is 0 Å². The van der Waals surface area contributed by atoms with Gasteiger partial charge in [-0.05, 0) is 18.2 Å². The number of hydrogen-bond acceptors (Lipinski definition) is 6. The van der Waals surface area contributed by atoms with Crippen molar-refractivity contribution in [3.05, 3.63) is 23.8 Å². The first-order valence-corrected chi connectivity index (χ1v) is 8.05. The van der Waals surface area contributed by atoms with Crippen LogP contribution in [0.1, 0.15) is 5.56 Å². The molecule has 1 aliphatic rings. The van der Waals surface area contributed by atoms with Crippen LogP contribution in [0.4, 0.5) is 0 Å². The molecule has 1 aliphatic heterocycles. The van der Waals surface area contributed by atoms with Gasteiger partial charge in [-0.2, -0.15) is 0 Å². The van der Waals surface area contributed by atoms with Crippen LogP contribution in [0.5, 0.6) is 11.5 Å². The normalized spacial score (nSPS) is 15.5. The molecule has 0 bridgehead atoms. The number of carbonyl (C=O) groups excluding carboxylic acids is 1. The Hall–Kier alpha value is -1.25. The van der Waals surface area contributed by atoms with Crippen molar-refractivity contribution in [3.8, 4) is 11.5 Å². The van der Waals surface area contributed by atoms with Gasteiger partial charge in [-0.15, -0.1) is 24.8 Å². The molecule has 1 fully saturated rings. The van der Waals surface area contributed by atoms with E-state index in [-0.39, 0.29) is 37.3 Å². The van der Waals surface area contributed by atoms with Gasteiger partial charge in [-0.1, -0.05) is 0 Å². The summed E-state index contributed by atoms with van der Waals surface area (Å²) in [5.41, 5.74) is 6.90. The highest BCUT2D eigenvalue weighted by Crippen LogP contribution is 2.25. The number of piperazine rings is 1. The van der Waals surface area contributed by atoms with E-state index in [2.05, 4.69) is 4.90 Å². The summed E-state index contributed by atoms with van der Waals surface area (Å²) in [6.07, 6.45) is 0. The lowest BCUT2D eigenvalue weighted by Gasteiger charge is -2.36. The summed E-state index contributed by atoms with van der Waals surface area (Å²) in [5, 5.41) is 0. The molecule has 1 aromatic carbocycles. The van der Waals surface area contributed by atoms with Gasteiger partial charge in [0.1, 0.15) is 17.5 Å². The van der Waals surface area contributed by atoms with Gasteiger partial charge in [0.15, 0.2) is 0 Å². The fourth-order valence-corrected chi connectivity index (χ4v) is 2.86. The first-order chi connectivity index (χ1) is 11.6. The Morgan fingerprint density at radius 3 is 2.31 bits per heavy atom. The van der Waals surface area contributed by atoms with Gasteiger partial charge in [-0.3, -0.25) is 9.69 Å². The monoisotopic (exact) mass is 409 g/mol. The summed E-state index contributed by atoms with van der Waals surface area (Å²) < 4.78 is 15.7. The SMILES string of the molecule is COCC(N)C(=O)N1CCN(Cc2cc(OC)ccc2OC)CC1.Cl.Cl. The number of halogens is 2. The van der Waals surface area contributed by atoms with E-state index in [1.807, 2.05) is 23.1 Å². The van der Waals surface area contributed by atoms with Crippen molar-refractivity contribution < 1.29 is 19.0 Å². The van der Waals surface area contributed by atoms with Crippen LogP contribution in [0.25, 0.3) is 0 Å². The van der Waals surface area contributed by atoms with Crippen LogP contribution in [-0.4, -0.2) is 75.9 Å². The number of methoxy groups -OCH3 is 3. The molecular formula is C17H29Cl2N3O4. The maximum Gasteiger partial charge on any atom is 0.241 e.